The number of quaternary nitrogens is 1. The molecule has 0 saturated heterocycles. The van der Waals surface area contributed by atoms with E-state index in [0.29, 0.717) is 30.4 Å². The average Bonchev–Trinajstić information content (AvgIpc) is 2.56. The third-order valence-corrected chi connectivity index (χ3v) is 4.08. The number of nitrogens with one attached hydrogen (secondary N) is 2. The molecule has 1 amide bonds. The van der Waals surface area contributed by atoms with E-state index in [1.807, 2.05) is 43.4 Å². The summed E-state index contributed by atoms with van der Waals surface area (Å²) < 4.78 is 11.6. The molecule has 2 N–H and O–H groups in total. The van der Waals surface area contributed by atoms with E-state index >= 15 is 0 Å². The van der Waals surface area contributed by atoms with Crippen molar-refractivity contribution in [1.82, 2.24) is 0 Å². The Morgan fingerprint density at radius 3 is 2.71 bits per heavy atom. The van der Waals surface area contributed by atoms with Crippen LogP contribution in [-0.2, 0) is 4.79 Å². The molecule has 1 aliphatic heterocycles. The van der Waals surface area contributed by atoms with Crippen LogP contribution in [0.4, 0.5) is 5.69 Å². The first-order chi connectivity index (χ1) is 11.6. The molecule has 0 bridgehead atoms. The van der Waals surface area contributed by atoms with E-state index in [1.54, 1.807) is 12.1 Å². The maximum atomic E-state index is 12.2. The van der Waals surface area contributed by atoms with E-state index in [4.69, 9.17) is 21.1 Å². The first-order valence-corrected chi connectivity index (χ1v) is 8.24. The number of anilines is 1. The lowest BCUT2D eigenvalue weighted by molar-refractivity contribution is -0.874. The zero-order valence-electron chi connectivity index (χ0n) is 13.4. The Morgan fingerprint density at radius 2 is 1.92 bits per heavy atom. The fourth-order valence-electron chi connectivity index (χ4n) is 2.66. The predicted octanol–water partition coefficient (Wildman–Crippen LogP) is 1.63. The summed E-state index contributed by atoms with van der Waals surface area (Å²) in [5, 5.41) is 3.36. The molecule has 5 nitrogen and oxygen atoms in total. The summed E-state index contributed by atoms with van der Waals surface area (Å²) in [6.45, 7) is 1.48. The van der Waals surface area contributed by atoms with Crippen LogP contribution in [0.1, 0.15) is 0 Å². The van der Waals surface area contributed by atoms with Crippen LogP contribution in [0.2, 0.25) is 5.02 Å². The van der Waals surface area contributed by atoms with E-state index in [-0.39, 0.29) is 12.0 Å². The molecule has 126 valence electrons. The van der Waals surface area contributed by atoms with Gasteiger partial charge in [0.1, 0.15) is 13.2 Å². The van der Waals surface area contributed by atoms with E-state index in [9.17, 15) is 4.79 Å². The zero-order chi connectivity index (χ0) is 16.9. The summed E-state index contributed by atoms with van der Waals surface area (Å²) in [6, 6.07) is 14.8. The lowest BCUT2D eigenvalue weighted by Crippen LogP contribution is -3.11. The highest BCUT2D eigenvalue weighted by Crippen LogP contribution is 2.30. The number of rotatable bonds is 5. The van der Waals surface area contributed by atoms with E-state index in [0.717, 1.165) is 16.4 Å². The van der Waals surface area contributed by atoms with Crippen molar-refractivity contribution in [3.05, 3.63) is 53.6 Å². The number of carbonyl (C=O) groups is 1. The summed E-state index contributed by atoms with van der Waals surface area (Å²) in [7, 11) is 1.95. The van der Waals surface area contributed by atoms with Crippen LogP contribution in [0.25, 0.3) is 0 Å². The number of ether oxygens (including phenoxy) is 2. The van der Waals surface area contributed by atoms with E-state index in [2.05, 4.69) is 5.32 Å². The highest BCUT2D eigenvalue weighted by Gasteiger charge is 2.24. The fourth-order valence-corrected chi connectivity index (χ4v) is 2.84. The second-order valence-corrected chi connectivity index (χ2v) is 6.27. The summed E-state index contributed by atoms with van der Waals surface area (Å²) in [6.07, 6.45) is -0.0759. The Bertz CT molecular complexity index is 723. The maximum absolute atomic E-state index is 12.2. The molecule has 1 heterocycles. The first-order valence-electron chi connectivity index (χ1n) is 7.86. The number of hydrogen-bond acceptors (Lipinski definition) is 3. The lowest BCUT2D eigenvalue weighted by Gasteiger charge is -2.27. The maximum Gasteiger partial charge on any atom is 0.279 e. The molecule has 2 atom stereocenters. The van der Waals surface area contributed by atoms with Crippen molar-refractivity contribution >= 4 is 23.2 Å². The van der Waals surface area contributed by atoms with Crippen LogP contribution in [0.15, 0.2) is 48.5 Å². The smallest absolute Gasteiger partial charge is 0.279 e. The standard InChI is InChI=1S/C18H19ClN2O3/c1-21(11-18(22)20-15-7-3-2-6-14(15)19)10-13-12-23-16-8-4-5-9-17(16)24-13/h2-9,13H,10-12H2,1H3,(H,20,22)/p+1/t13-/m1/s1. The SMILES string of the molecule is C[NH+](CC(=O)Nc1ccccc1Cl)C[C@@H]1COc2ccccc2O1. The van der Waals surface area contributed by atoms with Crippen molar-refractivity contribution in [2.45, 2.75) is 6.10 Å². The topological polar surface area (TPSA) is 52.0 Å². The molecule has 2 aromatic carbocycles. The summed E-state index contributed by atoms with van der Waals surface area (Å²) in [5.74, 6) is 1.43. The van der Waals surface area contributed by atoms with Gasteiger partial charge in [0, 0.05) is 0 Å². The average molecular weight is 348 g/mol. The fraction of sp³-hybridized carbons (Fsp3) is 0.278. The molecule has 1 aliphatic rings. The number of para-hydroxylation sites is 3. The normalized spacial score (nSPS) is 17.2. The van der Waals surface area contributed by atoms with Gasteiger partial charge in [-0.15, -0.1) is 0 Å². The monoisotopic (exact) mass is 347 g/mol. The Labute approximate surface area is 146 Å². The first kappa shape index (κ1) is 16.6. The van der Waals surface area contributed by atoms with Crippen LogP contribution in [0, 0.1) is 0 Å². The molecule has 0 saturated carbocycles. The molecular weight excluding hydrogens is 328 g/mol. The predicted molar refractivity (Wildman–Crippen MR) is 93.1 cm³/mol. The van der Waals surface area contributed by atoms with Gasteiger partial charge in [-0.2, -0.15) is 0 Å². The van der Waals surface area contributed by atoms with Crippen LogP contribution >= 0.6 is 11.6 Å². The molecule has 0 aliphatic carbocycles. The number of fused-ring (bicyclic) bond motifs is 1. The van der Waals surface area contributed by atoms with Gasteiger partial charge in [0.15, 0.2) is 24.1 Å². The molecule has 0 radical (unpaired) electrons. The number of amides is 1. The highest BCUT2D eigenvalue weighted by molar-refractivity contribution is 6.33. The third-order valence-electron chi connectivity index (χ3n) is 3.75. The summed E-state index contributed by atoms with van der Waals surface area (Å²) in [5.41, 5.74) is 0.628. The van der Waals surface area contributed by atoms with Crippen LogP contribution in [0.5, 0.6) is 11.5 Å². The van der Waals surface area contributed by atoms with Gasteiger partial charge in [0.05, 0.1) is 17.8 Å². The van der Waals surface area contributed by atoms with Crippen molar-refractivity contribution in [3.8, 4) is 11.5 Å². The van der Waals surface area contributed by atoms with Gasteiger partial charge >= 0.3 is 0 Å². The Morgan fingerprint density at radius 1 is 1.21 bits per heavy atom. The van der Waals surface area contributed by atoms with Gasteiger partial charge < -0.3 is 19.7 Å². The summed E-state index contributed by atoms with van der Waals surface area (Å²) in [4.78, 5) is 13.2. The van der Waals surface area contributed by atoms with Crippen LogP contribution in [-0.4, -0.2) is 38.8 Å². The lowest BCUT2D eigenvalue weighted by atomic mass is 10.2. The minimum Gasteiger partial charge on any atom is -0.486 e. The highest BCUT2D eigenvalue weighted by atomic mass is 35.5. The van der Waals surface area contributed by atoms with Gasteiger partial charge in [-0.1, -0.05) is 35.9 Å². The number of halogens is 1. The molecule has 3 rings (SSSR count). The largest absolute Gasteiger partial charge is 0.486 e. The quantitative estimate of drug-likeness (QED) is 0.864. The van der Waals surface area contributed by atoms with Crippen LogP contribution in [0.3, 0.4) is 0 Å². The van der Waals surface area contributed by atoms with E-state index < -0.39 is 0 Å². The molecule has 6 heteroatoms. The molecule has 2 aromatic rings. The molecule has 0 spiro atoms. The third kappa shape index (κ3) is 4.19. The number of benzene rings is 2. The summed E-state index contributed by atoms with van der Waals surface area (Å²) >= 11 is 6.05. The molecule has 24 heavy (non-hydrogen) atoms. The van der Waals surface area contributed by atoms with Crippen LogP contribution < -0.4 is 19.7 Å². The van der Waals surface area contributed by atoms with Crippen molar-refractivity contribution in [2.24, 2.45) is 0 Å². The minimum absolute atomic E-state index is 0.0759. The van der Waals surface area contributed by atoms with Gasteiger partial charge in [-0.05, 0) is 24.3 Å². The number of likely N-dealkylation sites (N-methyl/N-ethyl adjacent to an activating group) is 1. The van der Waals surface area contributed by atoms with E-state index in [1.165, 1.54) is 0 Å². The minimum atomic E-state index is -0.0854. The van der Waals surface area contributed by atoms with Gasteiger partial charge in [0.25, 0.3) is 5.91 Å². The molecule has 0 aromatic heterocycles. The van der Waals surface area contributed by atoms with Gasteiger partial charge in [0.2, 0.25) is 0 Å². The van der Waals surface area contributed by atoms with Gasteiger partial charge in [-0.25, -0.2) is 0 Å². The molecule has 1 unspecified atom stereocenters. The second-order valence-electron chi connectivity index (χ2n) is 5.86. The Hall–Kier alpha value is -2.24. The molecule has 0 fully saturated rings. The van der Waals surface area contributed by atoms with Crippen molar-refractivity contribution in [3.63, 3.8) is 0 Å². The molecular formula is C18H20ClN2O3+. The number of carbonyl (C=O) groups excluding carboxylic acids is 1. The van der Waals surface area contributed by atoms with Crippen molar-refractivity contribution in [1.29, 1.82) is 0 Å². The van der Waals surface area contributed by atoms with Crippen molar-refractivity contribution < 1.29 is 19.2 Å². The Balaban J connectivity index is 1.50. The Kier molecular flexibility index (Phi) is 5.23. The number of hydrogen-bond donors (Lipinski definition) is 2. The van der Waals surface area contributed by atoms with Crippen molar-refractivity contribution in [2.75, 3.05) is 32.1 Å². The van der Waals surface area contributed by atoms with Gasteiger partial charge in [-0.3, -0.25) is 4.79 Å². The zero-order valence-corrected chi connectivity index (χ0v) is 14.2. The second kappa shape index (κ2) is 7.55.